The zero-order valence-corrected chi connectivity index (χ0v) is 15.9. The molecule has 0 radical (unpaired) electrons. The standard InChI is InChI=1S/C19H25N3O2S/c1-14-6-4-5-7-16(14)19-20-17(15(2)24-19)12-25-13-18(23)22-10-8-21(3)9-11-22/h4-7H,8-13H2,1-3H3. The van der Waals surface area contributed by atoms with Gasteiger partial charge in [-0.2, -0.15) is 0 Å². The van der Waals surface area contributed by atoms with Crippen molar-refractivity contribution in [2.75, 3.05) is 39.0 Å². The number of aryl methyl sites for hydroxylation is 2. The smallest absolute Gasteiger partial charge is 0.232 e. The number of benzene rings is 1. The highest BCUT2D eigenvalue weighted by atomic mass is 32.2. The van der Waals surface area contributed by atoms with Crippen molar-refractivity contribution in [1.82, 2.24) is 14.8 Å². The molecule has 1 fully saturated rings. The molecule has 0 unspecified atom stereocenters. The third-order valence-electron chi connectivity index (χ3n) is 4.59. The Morgan fingerprint density at radius 3 is 2.64 bits per heavy atom. The maximum atomic E-state index is 12.3. The van der Waals surface area contributed by atoms with Crippen molar-refractivity contribution >= 4 is 17.7 Å². The summed E-state index contributed by atoms with van der Waals surface area (Å²) in [6.07, 6.45) is 0. The summed E-state index contributed by atoms with van der Waals surface area (Å²) in [5.41, 5.74) is 3.10. The van der Waals surface area contributed by atoms with E-state index in [0.717, 1.165) is 48.8 Å². The third-order valence-corrected chi connectivity index (χ3v) is 5.52. The summed E-state index contributed by atoms with van der Waals surface area (Å²) in [6.45, 7) is 7.56. The Morgan fingerprint density at radius 1 is 1.20 bits per heavy atom. The van der Waals surface area contributed by atoms with Gasteiger partial charge in [-0.1, -0.05) is 18.2 Å². The van der Waals surface area contributed by atoms with Gasteiger partial charge in [-0.05, 0) is 32.5 Å². The lowest BCUT2D eigenvalue weighted by molar-refractivity contribution is -0.129. The summed E-state index contributed by atoms with van der Waals surface area (Å²) in [5, 5.41) is 0. The highest BCUT2D eigenvalue weighted by Crippen LogP contribution is 2.26. The molecular weight excluding hydrogens is 334 g/mol. The summed E-state index contributed by atoms with van der Waals surface area (Å²) < 4.78 is 5.84. The zero-order chi connectivity index (χ0) is 17.8. The normalized spacial score (nSPS) is 15.6. The van der Waals surface area contributed by atoms with Crippen LogP contribution < -0.4 is 0 Å². The van der Waals surface area contributed by atoms with E-state index in [0.29, 0.717) is 17.4 Å². The number of thioether (sulfide) groups is 1. The van der Waals surface area contributed by atoms with Crippen LogP contribution in [0.3, 0.4) is 0 Å². The second-order valence-electron chi connectivity index (χ2n) is 6.51. The quantitative estimate of drug-likeness (QED) is 0.821. The zero-order valence-electron chi connectivity index (χ0n) is 15.1. The molecule has 1 amide bonds. The first-order valence-electron chi connectivity index (χ1n) is 8.61. The number of carbonyl (C=O) groups is 1. The molecule has 1 aromatic carbocycles. The van der Waals surface area contributed by atoms with Gasteiger partial charge in [0.25, 0.3) is 0 Å². The molecule has 1 aliphatic heterocycles. The van der Waals surface area contributed by atoms with Crippen molar-refractivity contribution in [2.24, 2.45) is 0 Å². The van der Waals surface area contributed by atoms with Crippen molar-refractivity contribution in [3.05, 3.63) is 41.3 Å². The van der Waals surface area contributed by atoms with E-state index in [1.54, 1.807) is 11.8 Å². The fourth-order valence-corrected chi connectivity index (χ4v) is 3.79. The second-order valence-corrected chi connectivity index (χ2v) is 7.50. The van der Waals surface area contributed by atoms with E-state index in [4.69, 9.17) is 4.42 Å². The Morgan fingerprint density at radius 2 is 1.92 bits per heavy atom. The summed E-state index contributed by atoms with van der Waals surface area (Å²) >= 11 is 1.61. The van der Waals surface area contributed by atoms with Crippen LogP contribution in [0.2, 0.25) is 0 Å². The number of hydrogen-bond acceptors (Lipinski definition) is 5. The highest BCUT2D eigenvalue weighted by molar-refractivity contribution is 7.99. The summed E-state index contributed by atoms with van der Waals surface area (Å²) in [6, 6.07) is 8.08. The number of piperazine rings is 1. The Hall–Kier alpha value is -1.79. The number of amides is 1. The largest absolute Gasteiger partial charge is 0.441 e. The molecule has 6 heteroatoms. The van der Waals surface area contributed by atoms with Gasteiger partial charge in [0.05, 0.1) is 11.4 Å². The summed E-state index contributed by atoms with van der Waals surface area (Å²) in [4.78, 5) is 21.1. The number of likely N-dealkylation sites (N-methyl/N-ethyl adjacent to an activating group) is 1. The van der Waals surface area contributed by atoms with Gasteiger partial charge in [0.15, 0.2) is 0 Å². The van der Waals surface area contributed by atoms with Gasteiger partial charge in [0.2, 0.25) is 11.8 Å². The van der Waals surface area contributed by atoms with Crippen molar-refractivity contribution < 1.29 is 9.21 Å². The maximum absolute atomic E-state index is 12.3. The fraction of sp³-hybridized carbons (Fsp3) is 0.474. The molecule has 0 saturated carbocycles. The van der Waals surface area contributed by atoms with E-state index in [2.05, 4.69) is 29.9 Å². The lowest BCUT2D eigenvalue weighted by atomic mass is 10.1. The monoisotopic (exact) mass is 359 g/mol. The van der Waals surface area contributed by atoms with Crippen LogP contribution in [0.5, 0.6) is 0 Å². The molecule has 2 heterocycles. The molecule has 1 saturated heterocycles. The molecule has 1 aromatic heterocycles. The average Bonchev–Trinajstić information content (AvgIpc) is 2.96. The molecule has 1 aliphatic rings. The molecule has 3 rings (SSSR count). The minimum absolute atomic E-state index is 0.221. The number of aromatic nitrogens is 1. The van der Waals surface area contributed by atoms with Crippen LogP contribution in [0.25, 0.3) is 11.5 Å². The van der Waals surface area contributed by atoms with Gasteiger partial charge >= 0.3 is 0 Å². The molecule has 0 aliphatic carbocycles. The van der Waals surface area contributed by atoms with E-state index >= 15 is 0 Å². The summed E-state index contributed by atoms with van der Waals surface area (Å²) in [7, 11) is 2.09. The molecule has 5 nitrogen and oxygen atoms in total. The second kappa shape index (κ2) is 8.06. The van der Waals surface area contributed by atoms with Crippen molar-refractivity contribution in [3.63, 3.8) is 0 Å². The number of nitrogens with zero attached hydrogens (tertiary/aromatic N) is 3. The van der Waals surface area contributed by atoms with E-state index in [1.807, 2.05) is 30.0 Å². The SMILES string of the molecule is Cc1ccccc1-c1nc(CSCC(=O)N2CCN(C)CC2)c(C)o1. The van der Waals surface area contributed by atoms with E-state index in [1.165, 1.54) is 0 Å². The fourth-order valence-electron chi connectivity index (χ4n) is 2.87. The Bertz CT molecular complexity index is 736. The van der Waals surface area contributed by atoms with Gasteiger partial charge in [0, 0.05) is 37.5 Å². The van der Waals surface area contributed by atoms with Crippen LogP contribution in [0.1, 0.15) is 17.0 Å². The van der Waals surface area contributed by atoms with Crippen LogP contribution in [0, 0.1) is 13.8 Å². The van der Waals surface area contributed by atoms with Gasteiger partial charge in [-0.15, -0.1) is 11.8 Å². The molecule has 134 valence electrons. The van der Waals surface area contributed by atoms with Gasteiger partial charge < -0.3 is 14.2 Å². The van der Waals surface area contributed by atoms with Crippen LogP contribution in [0.4, 0.5) is 0 Å². The predicted octanol–water partition coefficient (Wildman–Crippen LogP) is 2.97. The summed E-state index contributed by atoms with van der Waals surface area (Å²) in [5.74, 6) is 2.91. The number of oxazole rings is 1. The van der Waals surface area contributed by atoms with Crippen LogP contribution in [-0.4, -0.2) is 59.7 Å². The molecule has 0 N–H and O–H groups in total. The average molecular weight is 359 g/mol. The molecule has 0 atom stereocenters. The molecule has 0 bridgehead atoms. The Labute approximate surface area is 153 Å². The van der Waals surface area contributed by atoms with Crippen LogP contribution in [0.15, 0.2) is 28.7 Å². The third kappa shape index (κ3) is 4.44. The minimum Gasteiger partial charge on any atom is -0.441 e. The highest BCUT2D eigenvalue weighted by Gasteiger charge is 2.19. The minimum atomic E-state index is 0.221. The van der Waals surface area contributed by atoms with Crippen LogP contribution in [-0.2, 0) is 10.5 Å². The van der Waals surface area contributed by atoms with Gasteiger partial charge in [-0.25, -0.2) is 4.98 Å². The number of rotatable bonds is 5. The first kappa shape index (κ1) is 18.0. The van der Waals surface area contributed by atoms with Crippen molar-refractivity contribution in [1.29, 1.82) is 0 Å². The topological polar surface area (TPSA) is 49.6 Å². The number of carbonyl (C=O) groups excluding carboxylic acids is 1. The molecule has 25 heavy (non-hydrogen) atoms. The first-order valence-corrected chi connectivity index (χ1v) is 9.76. The van der Waals surface area contributed by atoms with Gasteiger partial charge in [0.1, 0.15) is 5.76 Å². The van der Waals surface area contributed by atoms with Crippen molar-refractivity contribution in [3.8, 4) is 11.5 Å². The van der Waals surface area contributed by atoms with Gasteiger partial charge in [-0.3, -0.25) is 4.79 Å². The van der Waals surface area contributed by atoms with Crippen molar-refractivity contribution in [2.45, 2.75) is 19.6 Å². The first-order chi connectivity index (χ1) is 12.0. The lowest BCUT2D eigenvalue weighted by Gasteiger charge is -2.32. The molecular formula is C19H25N3O2S. The Balaban J connectivity index is 1.55. The van der Waals surface area contributed by atoms with E-state index in [-0.39, 0.29) is 5.91 Å². The van der Waals surface area contributed by atoms with E-state index in [9.17, 15) is 4.79 Å². The van der Waals surface area contributed by atoms with Crippen LogP contribution >= 0.6 is 11.8 Å². The lowest BCUT2D eigenvalue weighted by Crippen LogP contribution is -2.47. The predicted molar refractivity (Wildman–Crippen MR) is 102 cm³/mol. The molecule has 0 spiro atoms. The molecule has 2 aromatic rings. The number of hydrogen-bond donors (Lipinski definition) is 0. The van der Waals surface area contributed by atoms with E-state index < -0.39 is 0 Å². The maximum Gasteiger partial charge on any atom is 0.232 e. The Kier molecular flexibility index (Phi) is 5.81.